The Kier molecular flexibility index (Phi) is 3.81. The summed E-state index contributed by atoms with van der Waals surface area (Å²) in [6, 6.07) is 5.61. The number of rotatable bonds is 2. The van der Waals surface area contributed by atoms with Gasteiger partial charge in [0, 0.05) is 12.1 Å². The molecule has 1 heterocycles. The summed E-state index contributed by atoms with van der Waals surface area (Å²) in [5.74, 6) is 3.07. The average Bonchev–Trinajstić information content (AvgIpc) is 2.15. The molecule has 0 bridgehead atoms. The van der Waals surface area contributed by atoms with E-state index in [0.717, 1.165) is 17.7 Å². The fourth-order valence-electron chi connectivity index (χ4n) is 1.000. The lowest BCUT2D eigenvalue weighted by Gasteiger charge is -2.03. The lowest BCUT2D eigenvalue weighted by molar-refractivity contribution is -0.107. The van der Waals surface area contributed by atoms with Crippen LogP contribution in [0.15, 0.2) is 18.2 Å². The van der Waals surface area contributed by atoms with Gasteiger partial charge >= 0.3 is 0 Å². The molecule has 0 N–H and O–H groups in total. The highest BCUT2D eigenvalue weighted by atomic mass is 28.3. The highest BCUT2D eigenvalue weighted by molar-refractivity contribution is 6.83. The minimum absolute atomic E-state index is 0.364. The van der Waals surface area contributed by atoms with Gasteiger partial charge in [0.15, 0.2) is 0 Å². The molecule has 1 aromatic rings. The van der Waals surface area contributed by atoms with Crippen molar-refractivity contribution in [3.8, 4) is 11.5 Å². The van der Waals surface area contributed by atoms with E-state index in [-0.39, 0.29) is 0 Å². The van der Waals surface area contributed by atoms with Crippen LogP contribution in [-0.4, -0.2) is 19.3 Å². The molecule has 0 aliphatic heterocycles. The number of hydrogen-bond donors (Lipinski definition) is 0. The largest absolute Gasteiger partial charge is 0.303 e. The third kappa shape index (κ3) is 4.57. The standard InChI is InChI=1S/C12H15NOSi/c1-15(2,3)10-8-12-6-4-5-11(13-12)7-9-14/h4-6,9H,7H2,1-3H3. The first-order chi connectivity index (χ1) is 7.01. The normalized spacial score (nSPS) is 10.3. The molecule has 0 fully saturated rings. The highest BCUT2D eigenvalue weighted by Gasteiger charge is 2.07. The zero-order valence-electron chi connectivity index (χ0n) is 9.37. The van der Waals surface area contributed by atoms with E-state index in [4.69, 9.17) is 0 Å². The van der Waals surface area contributed by atoms with Gasteiger partial charge in [0.2, 0.25) is 0 Å². The van der Waals surface area contributed by atoms with Crippen molar-refractivity contribution in [1.29, 1.82) is 0 Å². The summed E-state index contributed by atoms with van der Waals surface area (Å²) in [6.07, 6.45) is 1.22. The molecule has 2 nitrogen and oxygen atoms in total. The highest BCUT2D eigenvalue weighted by Crippen LogP contribution is 2.01. The van der Waals surface area contributed by atoms with Crippen LogP contribution in [0.2, 0.25) is 19.6 Å². The van der Waals surface area contributed by atoms with Crippen LogP contribution in [0.4, 0.5) is 0 Å². The van der Waals surface area contributed by atoms with Crippen molar-refractivity contribution in [3.63, 3.8) is 0 Å². The second-order valence-electron chi connectivity index (χ2n) is 4.38. The summed E-state index contributed by atoms with van der Waals surface area (Å²) in [5, 5.41) is 0. The molecule has 0 aliphatic carbocycles. The zero-order valence-corrected chi connectivity index (χ0v) is 10.4. The molecular weight excluding hydrogens is 202 g/mol. The molecule has 0 atom stereocenters. The maximum atomic E-state index is 10.3. The zero-order chi connectivity index (χ0) is 11.3. The fourth-order valence-corrected chi connectivity index (χ4v) is 1.50. The molecule has 0 unspecified atom stereocenters. The predicted molar refractivity (Wildman–Crippen MR) is 64.2 cm³/mol. The van der Waals surface area contributed by atoms with Gasteiger partial charge in [0.05, 0.1) is 0 Å². The molecule has 15 heavy (non-hydrogen) atoms. The van der Waals surface area contributed by atoms with Crippen molar-refractivity contribution < 1.29 is 4.79 Å². The summed E-state index contributed by atoms with van der Waals surface area (Å²) in [5.41, 5.74) is 4.79. The van der Waals surface area contributed by atoms with Gasteiger partial charge in [-0.15, -0.1) is 5.54 Å². The Labute approximate surface area is 91.7 Å². The van der Waals surface area contributed by atoms with Crippen LogP contribution in [0.25, 0.3) is 0 Å². The van der Waals surface area contributed by atoms with Crippen molar-refractivity contribution in [3.05, 3.63) is 29.6 Å². The van der Waals surface area contributed by atoms with Crippen LogP contribution in [0, 0.1) is 11.5 Å². The first kappa shape index (κ1) is 11.7. The fraction of sp³-hybridized carbons (Fsp3) is 0.333. The van der Waals surface area contributed by atoms with E-state index < -0.39 is 8.07 Å². The van der Waals surface area contributed by atoms with Crippen molar-refractivity contribution in [1.82, 2.24) is 4.98 Å². The molecule has 0 saturated carbocycles. The smallest absolute Gasteiger partial charge is 0.129 e. The van der Waals surface area contributed by atoms with Crippen LogP contribution in [0.5, 0.6) is 0 Å². The van der Waals surface area contributed by atoms with E-state index in [1.807, 2.05) is 18.2 Å². The van der Waals surface area contributed by atoms with Crippen LogP contribution < -0.4 is 0 Å². The van der Waals surface area contributed by atoms with E-state index >= 15 is 0 Å². The van der Waals surface area contributed by atoms with Crippen molar-refractivity contribution in [2.45, 2.75) is 26.1 Å². The minimum Gasteiger partial charge on any atom is -0.303 e. The molecule has 0 spiro atoms. The van der Waals surface area contributed by atoms with Gasteiger partial charge < -0.3 is 4.79 Å². The van der Waals surface area contributed by atoms with Crippen molar-refractivity contribution in [2.75, 3.05) is 0 Å². The average molecular weight is 217 g/mol. The lowest BCUT2D eigenvalue weighted by atomic mass is 10.2. The first-order valence-electron chi connectivity index (χ1n) is 4.94. The summed E-state index contributed by atoms with van der Waals surface area (Å²) >= 11 is 0. The Morgan fingerprint density at radius 1 is 1.40 bits per heavy atom. The minimum atomic E-state index is -1.35. The summed E-state index contributed by atoms with van der Waals surface area (Å²) < 4.78 is 0. The quantitative estimate of drug-likeness (QED) is 0.431. The van der Waals surface area contributed by atoms with Gasteiger partial charge in [-0.3, -0.25) is 0 Å². The molecule has 0 saturated heterocycles. The Morgan fingerprint density at radius 3 is 2.73 bits per heavy atom. The number of carbonyl (C=O) groups is 1. The third-order valence-electron chi connectivity index (χ3n) is 1.66. The summed E-state index contributed by atoms with van der Waals surface area (Å²) in [4.78, 5) is 14.6. The number of aromatic nitrogens is 1. The Morgan fingerprint density at radius 2 is 2.13 bits per heavy atom. The molecule has 0 amide bonds. The molecule has 1 rings (SSSR count). The van der Waals surface area contributed by atoms with Crippen molar-refractivity contribution >= 4 is 14.4 Å². The maximum absolute atomic E-state index is 10.3. The number of hydrogen-bond acceptors (Lipinski definition) is 2. The number of nitrogens with zero attached hydrogens (tertiary/aromatic N) is 1. The van der Waals surface area contributed by atoms with E-state index in [9.17, 15) is 4.79 Å². The molecule has 0 aromatic carbocycles. The number of pyridine rings is 1. The van der Waals surface area contributed by atoms with Gasteiger partial charge in [-0.1, -0.05) is 31.6 Å². The Bertz CT molecular complexity index is 410. The summed E-state index contributed by atoms with van der Waals surface area (Å²) in [7, 11) is -1.35. The second kappa shape index (κ2) is 4.90. The van der Waals surface area contributed by atoms with Crippen LogP contribution >= 0.6 is 0 Å². The Hall–Kier alpha value is -1.40. The molecule has 0 radical (unpaired) electrons. The van der Waals surface area contributed by atoms with E-state index in [1.54, 1.807) is 0 Å². The van der Waals surface area contributed by atoms with Crippen LogP contribution in [-0.2, 0) is 11.2 Å². The molecular formula is C12H15NOSi. The summed E-state index contributed by atoms with van der Waals surface area (Å²) in [6.45, 7) is 6.57. The number of carbonyl (C=O) groups excluding carboxylic acids is 1. The van der Waals surface area contributed by atoms with Gasteiger partial charge in [0.1, 0.15) is 20.1 Å². The molecule has 3 heteroatoms. The topological polar surface area (TPSA) is 30.0 Å². The van der Waals surface area contributed by atoms with Crippen molar-refractivity contribution in [2.24, 2.45) is 0 Å². The van der Waals surface area contributed by atoms with E-state index in [0.29, 0.717) is 6.42 Å². The Balaban J connectivity index is 2.90. The molecule has 1 aromatic heterocycles. The van der Waals surface area contributed by atoms with Gasteiger partial charge in [-0.25, -0.2) is 4.98 Å². The second-order valence-corrected chi connectivity index (χ2v) is 9.13. The van der Waals surface area contributed by atoms with Gasteiger partial charge in [-0.05, 0) is 12.1 Å². The number of aldehydes is 1. The lowest BCUT2D eigenvalue weighted by Crippen LogP contribution is -2.16. The maximum Gasteiger partial charge on any atom is 0.129 e. The van der Waals surface area contributed by atoms with Crippen LogP contribution in [0.1, 0.15) is 11.4 Å². The molecule has 0 aliphatic rings. The third-order valence-corrected chi connectivity index (χ3v) is 2.54. The van der Waals surface area contributed by atoms with E-state index in [1.165, 1.54) is 0 Å². The first-order valence-corrected chi connectivity index (χ1v) is 8.44. The van der Waals surface area contributed by atoms with E-state index in [2.05, 4.69) is 36.1 Å². The SMILES string of the molecule is C[Si](C)(C)C#Cc1cccc(CC=O)n1. The van der Waals surface area contributed by atoms with Gasteiger partial charge in [0.25, 0.3) is 0 Å². The van der Waals surface area contributed by atoms with Crippen LogP contribution in [0.3, 0.4) is 0 Å². The van der Waals surface area contributed by atoms with Gasteiger partial charge in [-0.2, -0.15) is 0 Å². The predicted octanol–water partition coefficient (Wildman–Crippen LogP) is 2.05. The molecule has 78 valence electrons. The monoisotopic (exact) mass is 217 g/mol.